The van der Waals surface area contributed by atoms with Crippen molar-refractivity contribution in [2.75, 3.05) is 5.32 Å². The summed E-state index contributed by atoms with van der Waals surface area (Å²) >= 11 is 0. The van der Waals surface area contributed by atoms with E-state index < -0.39 is 0 Å². The summed E-state index contributed by atoms with van der Waals surface area (Å²) in [7, 11) is 0. The van der Waals surface area contributed by atoms with E-state index in [1.807, 2.05) is 24.3 Å². The molecule has 0 aliphatic rings. The Morgan fingerprint density at radius 1 is 1.07 bits per heavy atom. The highest BCUT2D eigenvalue weighted by Gasteiger charge is 2.15. The number of aromatic nitrogens is 2. The molecular weight excluding hydrogens is 338 g/mol. The van der Waals surface area contributed by atoms with Crippen LogP contribution in [-0.4, -0.2) is 15.6 Å². The smallest absolute Gasteiger partial charge is 0.256 e. The first-order chi connectivity index (χ1) is 13.0. The Bertz CT molecular complexity index is 1120. The summed E-state index contributed by atoms with van der Waals surface area (Å²) in [6.45, 7) is 6.81. The molecule has 5 nitrogen and oxygen atoms in total. The minimum absolute atomic E-state index is 0.196. The molecule has 5 heteroatoms. The van der Waals surface area contributed by atoms with Crippen LogP contribution in [-0.2, 0) is 6.54 Å². The minimum atomic E-state index is -0.196. The molecule has 0 radical (unpaired) electrons. The number of hydrogen-bond acceptors (Lipinski definition) is 3. The standard InChI is InChI=1S/C22H21N3O2/c1-14-11-21(24-27-14)23-22(26)18-9-10-20-19(12-18)15(2)16(3)25(20)13-17-7-5-4-6-8-17/h4-12H,13H2,1-3H3,(H,23,24,26). The van der Waals surface area contributed by atoms with E-state index in [1.54, 1.807) is 13.0 Å². The number of amides is 1. The van der Waals surface area contributed by atoms with Gasteiger partial charge >= 0.3 is 0 Å². The molecule has 136 valence electrons. The number of nitrogens with zero attached hydrogens (tertiary/aromatic N) is 2. The molecule has 1 N–H and O–H groups in total. The maximum absolute atomic E-state index is 12.6. The van der Waals surface area contributed by atoms with Crippen LogP contribution in [0, 0.1) is 20.8 Å². The maximum atomic E-state index is 12.6. The van der Waals surface area contributed by atoms with E-state index in [1.165, 1.54) is 16.8 Å². The second-order valence-corrected chi connectivity index (χ2v) is 6.79. The van der Waals surface area contributed by atoms with Crippen LogP contribution in [0.15, 0.2) is 59.1 Å². The van der Waals surface area contributed by atoms with Gasteiger partial charge in [-0.15, -0.1) is 0 Å². The predicted molar refractivity (Wildman–Crippen MR) is 106 cm³/mol. The van der Waals surface area contributed by atoms with Crippen LogP contribution in [0.5, 0.6) is 0 Å². The van der Waals surface area contributed by atoms with E-state index in [2.05, 4.69) is 53.2 Å². The number of rotatable bonds is 4. The van der Waals surface area contributed by atoms with E-state index in [-0.39, 0.29) is 5.91 Å². The quantitative estimate of drug-likeness (QED) is 0.566. The van der Waals surface area contributed by atoms with Crippen molar-refractivity contribution in [1.82, 2.24) is 9.72 Å². The van der Waals surface area contributed by atoms with Crippen molar-refractivity contribution in [3.63, 3.8) is 0 Å². The van der Waals surface area contributed by atoms with Gasteiger partial charge in [0, 0.05) is 34.8 Å². The van der Waals surface area contributed by atoms with Crippen molar-refractivity contribution in [3.8, 4) is 0 Å². The summed E-state index contributed by atoms with van der Waals surface area (Å²) < 4.78 is 7.29. The molecule has 4 aromatic rings. The zero-order chi connectivity index (χ0) is 19.0. The Balaban J connectivity index is 1.68. The molecule has 0 atom stereocenters. The summed E-state index contributed by atoms with van der Waals surface area (Å²) in [5.41, 5.74) is 5.37. The van der Waals surface area contributed by atoms with Crippen LogP contribution in [0.2, 0.25) is 0 Å². The van der Waals surface area contributed by atoms with Gasteiger partial charge in [0.25, 0.3) is 5.91 Å². The second-order valence-electron chi connectivity index (χ2n) is 6.79. The summed E-state index contributed by atoms with van der Waals surface area (Å²) in [4.78, 5) is 12.6. The average molecular weight is 359 g/mol. The molecule has 0 bridgehead atoms. The Morgan fingerprint density at radius 2 is 1.85 bits per heavy atom. The first-order valence-electron chi connectivity index (χ1n) is 8.91. The van der Waals surface area contributed by atoms with Crippen molar-refractivity contribution in [2.45, 2.75) is 27.3 Å². The monoisotopic (exact) mass is 359 g/mol. The van der Waals surface area contributed by atoms with Crippen LogP contribution in [0.3, 0.4) is 0 Å². The van der Waals surface area contributed by atoms with E-state index in [4.69, 9.17) is 4.52 Å². The molecular formula is C22H21N3O2. The lowest BCUT2D eigenvalue weighted by atomic mass is 10.1. The van der Waals surface area contributed by atoms with Gasteiger partial charge < -0.3 is 14.4 Å². The Hall–Kier alpha value is -3.34. The fourth-order valence-electron chi connectivity index (χ4n) is 3.37. The first-order valence-corrected chi connectivity index (χ1v) is 8.91. The third-order valence-corrected chi connectivity index (χ3v) is 4.95. The molecule has 0 saturated heterocycles. The van der Waals surface area contributed by atoms with Crippen LogP contribution < -0.4 is 5.32 Å². The molecule has 0 saturated carbocycles. The molecule has 0 unspecified atom stereocenters. The van der Waals surface area contributed by atoms with E-state index >= 15 is 0 Å². The first kappa shape index (κ1) is 17.1. The van der Waals surface area contributed by atoms with Gasteiger partial charge in [-0.3, -0.25) is 4.79 Å². The van der Waals surface area contributed by atoms with Gasteiger partial charge in [-0.2, -0.15) is 0 Å². The maximum Gasteiger partial charge on any atom is 0.256 e. The largest absolute Gasteiger partial charge is 0.360 e. The van der Waals surface area contributed by atoms with Crippen molar-refractivity contribution >= 4 is 22.6 Å². The normalized spacial score (nSPS) is 11.1. The molecule has 2 aromatic carbocycles. The Labute approximate surface area is 157 Å². The van der Waals surface area contributed by atoms with E-state index in [9.17, 15) is 4.79 Å². The third-order valence-electron chi connectivity index (χ3n) is 4.95. The summed E-state index contributed by atoms with van der Waals surface area (Å²) in [5, 5.41) is 7.68. The van der Waals surface area contributed by atoms with Gasteiger partial charge in [-0.25, -0.2) is 0 Å². The number of anilines is 1. The molecule has 2 heterocycles. The molecule has 2 aromatic heterocycles. The number of benzene rings is 2. The van der Waals surface area contributed by atoms with Crippen molar-refractivity contribution in [1.29, 1.82) is 0 Å². The average Bonchev–Trinajstić information content (AvgIpc) is 3.19. The lowest BCUT2D eigenvalue weighted by Gasteiger charge is -2.09. The lowest BCUT2D eigenvalue weighted by Crippen LogP contribution is -2.12. The number of hydrogen-bond donors (Lipinski definition) is 1. The molecule has 0 fully saturated rings. The highest BCUT2D eigenvalue weighted by atomic mass is 16.5. The van der Waals surface area contributed by atoms with Gasteiger partial charge in [-0.05, 0) is 50.1 Å². The summed E-state index contributed by atoms with van der Waals surface area (Å²) in [6, 6.07) is 17.9. The topological polar surface area (TPSA) is 60.1 Å². The number of carbonyl (C=O) groups excluding carboxylic acids is 1. The number of carbonyl (C=O) groups is 1. The van der Waals surface area contributed by atoms with Gasteiger partial charge in [-0.1, -0.05) is 35.5 Å². The number of fused-ring (bicyclic) bond motifs is 1. The van der Waals surface area contributed by atoms with Gasteiger partial charge in [0.1, 0.15) is 5.76 Å². The Morgan fingerprint density at radius 3 is 2.56 bits per heavy atom. The molecule has 0 aliphatic heterocycles. The molecule has 0 spiro atoms. The van der Waals surface area contributed by atoms with Crippen LogP contribution in [0.1, 0.15) is 32.9 Å². The fraction of sp³-hybridized carbons (Fsp3) is 0.182. The number of nitrogens with one attached hydrogen (secondary N) is 1. The lowest BCUT2D eigenvalue weighted by molar-refractivity contribution is 0.102. The van der Waals surface area contributed by atoms with Crippen molar-refractivity contribution < 1.29 is 9.32 Å². The minimum Gasteiger partial charge on any atom is -0.360 e. The van der Waals surface area contributed by atoms with Crippen molar-refractivity contribution in [3.05, 3.63) is 82.7 Å². The molecule has 1 amide bonds. The van der Waals surface area contributed by atoms with E-state index in [0.717, 1.165) is 17.4 Å². The van der Waals surface area contributed by atoms with Crippen LogP contribution >= 0.6 is 0 Å². The zero-order valence-electron chi connectivity index (χ0n) is 15.6. The molecule has 4 rings (SSSR count). The number of aryl methyl sites for hydroxylation is 2. The zero-order valence-corrected chi connectivity index (χ0v) is 15.6. The molecule has 0 aliphatic carbocycles. The summed E-state index contributed by atoms with van der Waals surface area (Å²) in [5.74, 6) is 0.885. The molecule has 27 heavy (non-hydrogen) atoms. The SMILES string of the molecule is Cc1cc(NC(=O)c2ccc3c(c2)c(C)c(C)n3Cc2ccccc2)no1. The third kappa shape index (κ3) is 3.24. The fourth-order valence-corrected chi connectivity index (χ4v) is 3.37. The second kappa shape index (κ2) is 6.76. The summed E-state index contributed by atoms with van der Waals surface area (Å²) in [6.07, 6.45) is 0. The van der Waals surface area contributed by atoms with E-state index in [0.29, 0.717) is 17.1 Å². The Kier molecular flexibility index (Phi) is 4.28. The van der Waals surface area contributed by atoms with Gasteiger partial charge in [0.05, 0.1) is 0 Å². The highest BCUT2D eigenvalue weighted by molar-refractivity contribution is 6.06. The highest BCUT2D eigenvalue weighted by Crippen LogP contribution is 2.27. The van der Waals surface area contributed by atoms with Gasteiger partial charge in [0.15, 0.2) is 5.82 Å². The predicted octanol–water partition coefficient (Wildman–Crippen LogP) is 4.86. The van der Waals surface area contributed by atoms with Crippen molar-refractivity contribution in [2.24, 2.45) is 0 Å². The van der Waals surface area contributed by atoms with Gasteiger partial charge in [0.2, 0.25) is 0 Å². The van der Waals surface area contributed by atoms with Crippen LogP contribution in [0.4, 0.5) is 5.82 Å². The van der Waals surface area contributed by atoms with Crippen LogP contribution in [0.25, 0.3) is 10.9 Å².